The summed E-state index contributed by atoms with van der Waals surface area (Å²) in [5.74, 6) is 1.50. The molecule has 0 aliphatic carbocycles. The highest BCUT2D eigenvalue weighted by Crippen LogP contribution is 2.22. The Kier molecular flexibility index (Phi) is 5.98. The van der Waals surface area contributed by atoms with Crippen LogP contribution in [0.1, 0.15) is 16.8 Å². The molecule has 9 heteroatoms. The zero-order chi connectivity index (χ0) is 20.3. The van der Waals surface area contributed by atoms with Crippen molar-refractivity contribution in [2.45, 2.75) is 19.4 Å². The summed E-state index contributed by atoms with van der Waals surface area (Å²) in [6, 6.07) is 7.51. The summed E-state index contributed by atoms with van der Waals surface area (Å²) in [5, 5.41) is 0. The van der Waals surface area contributed by atoms with Gasteiger partial charge in [-0.2, -0.15) is 4.31 Å². The Hall–Kier alpha value is -2.23. The molecule has 2 aliphatic rings. The molecule has 0 bridgehead atoms. The van der Waals surface area contributed by atoms with Crippen molar-refractivity contribution in [3.63, 3.8) is 0 Å². The Morgan fingerprint density at radius 3 is 2.62 bits per heavy atom. The third kappa shape index (κ3) is 4.68. The van der Waals surface area contributed by atoms with Crippen molar-refractivity contribution in [1.82, 2.24) is 14.3 Å². The van der Waals surface area contributed by atoms with Crippen LogP contribution in [0.4, 0.5) is 5.95 Å². The summed E-state index contributed by atoms with van der Waals surface area (Å²) in [5.41, 5.74) is 2.81. The molecule has 0 N–H and O–H groups in total. The zero-order valence-corrected chi connectivity index (χ0v) is 17.4. The molecule has 2 aromatic rings. The first-order valence-corrected chi connectivity index (χ1v) is 11.4. The lowest BCUT2D eigenvalue weighted by Crippen LogP contribution is -2.40. The fourth-order valence-electron chi connectivity index (χ4n) is 3.59. The zero-order valence-electron chi connectivity index (χ0n) is 16.6. The van der Waals surface area contributed by atoms with E-state index in [-0.39, 0.29) is 5.75 Å². The van der Waals surface area contributed by atoms with Gasteiger partial charge in [-0.15, -0.1) is 0 Å². The molecule has 156 valence electrons. The van der Waals surface area contributed by atoms with Gasteiger partial charge in [-0.3, -0.25) is 0 Å². The molecule has 1 saturated heterocycles. The normalized spacial score (nSPS) is 17.8. The van der Waals surface area contributed by atoms with E-state index in [4.69, 9.17) is 9.47 Å². The quantitative estimate of drug-likeness (QED) is 0.698. The second kappa shape index (κ2) is 8.64. The van der Waals surface area contributed by atoms with Gasteiger partial charge in [-0.1, -0.05) is 12.1 Å². The van der Waals surface area contributed by atoms with Gasteiger partial charge in [0.2, 0.25) is 16.0 Å². The Morgan fingerprint density at radius 2 is 1.90 bits per heavy atom. The molecule has 1 fully saturated rings. The Balaban J connectivity index is 1.43. The summed E-state index contributed by atoms with van der Waals surface area (Å²) >= 11 is 0. The van der Waals surface area contributed by atoms with Gasteiger partial charge in [-0.25, -0.2) is 18.4 Å². The number of benzene rings is 1. The fourth-order valence-corrected chi connectivity index (χ4v) is 5.03. The number of anilines is 1. The van der Waals surface area contributed by atoms with Crippen LogP contribution in [0.5, 0.6) is 5.75 Å². The first-order valence-electron chi connectivity index (χ1n) is 9.83. The molecule has 8 nitrogen and oxygen atoms in total. The Bertz CT molecular complexity index is 943. The minimum atomic E-state index is -3.37. The van der Waals surface area contributed by atoms with E-state index in [9.17, 15) is 8.42 Å². The lowest BCUT2D eigenvalue weighted by atomic mass is 10.1. The smallest absolute Gasteiger partial charge is 0.225 e. The van der Waals surface area contributed by atoms with Crippen LogP contribution in [-0.4, -0.2) is 68.4 Å². The minimum absolute atomic E-state index is 0.0794. The number of aryl methyl sites for hydroxylation is 1. The van der Waals surface area contributed by atoms with E-state index in [1.807, 2.05) is 30.5 Å². The molecule has 1 aromatic heterocycles. The standard InChI is InChI=1S/C20H26N4O4S/c1-27-18-4-2-16(3-5-18)7-13-29(25,26)24-8-6-17-14-21-20(22-19(17)15-24)23-9-11-28-12-10-23/h2-5,14H,6-13,15H2,1H3. The molecule has 29 heavy (non-hydrogen) atoms. The molecular formula is C20H26N4O4S. The van der Waals surface area contributed by atoms with Gasteiger partial charge in [0.1, 0.15) is 5.75 Å². The van der Waals surface area contributed by atoms with E-state index in [0.29, 0.717) is 45.1 Å². The molecule has 3 heterocycles. The Morgan fingerprint density at radius 1 is 1.14 bits per heavy atom. The fraction of sp³-hybridized carbons (Fsp3) is 0.500. The van der Waals surface area contributed by atoms with Crippen molar-refractivity contribution in [3.05, 3.63) is 47.3 Å². The van der Waals surface area contributed by atoms with Crippen LogP contribution < -0.4 is 9.64 Å². The first-order chi connectivity index (χ1) is 14.0. The molecular weight excluding hydrogens is 392 g/mol. The van der Waals surface area contributed by atoms with Crippen LogP contribution in [0.3, 0.4) is 0 Å². The summed E-state index contributed by atoms with van der Waals surface area (Å²) in [4.78, 5) is 11.2. The second-order valence-corrected chi connectivity index (χ2v) is 9.33. The lowest BCUT2D eigenvalue weighted by molar-refractivity contribution is 0.122. The van der Waals surface area contributed by atoms with Crippen LogP contribution in [0.2, 0.25) is 0 Å². The maximum atomic E-state index is 12.9. The van der Waals surface area contributed by atoms with Gasteiger partial charge >= 0.3 is 0 Å². The summed E-state index contributed by atoms with van der Waals surface area (Å²) in [7, 11) is -1.76. The predicted molar refractivity (Wildman–Crippen MR) is 110 cm³/mol. The first kappa shape index (κ1) is 20.1. The SMILES string of the molecule is COc1ccc(CCS(=O)(=O)N2CCc3cnc(N4CCOCC4)nc3C2)cc1. The number of hydrogen-bond donors (Lipinski definition) is 0. The highest BCUT2D eigenvalue weighted by atomic mass is 32.2. The van der Waals surface area contributed by atoms with E-state index in [0.717, 1.165) is 35.7 Å². The van der Waals surface area contributed by atoms with Gasteiger partial charge in [0.25, 0.3) is 0 Å². The van der Waals surface area contributed by atoms with E-state index in [1.165, 1.54) is 0 Å². The largest absolute Gasteiger partial charge is 0.497 e. The second-order valence-electron chi connectivity index (χ2n) is 7.24. The summed E-state index contributed by atoms with van der Waals surface area (Å²) in [6.07, 6.45) is 2.95. The van der Waals surface area contributed by atoms with Gasteiger partial charge in [0.05, 0.1) is 38.3 Å². The van der Waals surface area contributed by atoms with Crippen molar-refractivity contribution in [1.29, 1.82) is 0 Å². The van der Waals surface area contributed by atoms with Crippen LogP contribution in [0, 0.1) is 0 Å². The molecule has 0 atom stereocenters. The molecule has 1 aromatic carbocycles. The molecule has 0 amide bonds. The average molecular weight is 419 g/mol. The maximum Gasteiger partial charge on any atom is 0.225 e. The molecule has 0 unspecified atom stereocenters. The number of methoxy groups -OCH3 is 1. The van der Waals surface area contributed by atoms with E-state index in [1.54, 1.807) is 11.4 Å². The monoisotopic (exact) mass is 418 g/mol. The van der Waals surface area contributed by atoms with Crippen molar-refractivity contribution in [2.75, 3.05) is 50.6 Å². The summed E-state index contributed by atoms with van der Waals surface area (Å²) in [6.45, 7) is 3.60. The van der Waals surface area contributed by atoms with E-state index < -0.39 is 10.0 Å². The van der Waals surface area contributed by atoms with Crippen molar-refractivity contribution >= 4 is 16.0 Å². The number of fused-ring (bicyclic) bond motifs is 1. The average Bonchev–Trinajstić information content (AvgIpc) is 2.78. The number of morpholine rings is 1. The number of sulfonamides is 1. The topological polar surface area (TPSA) is 84.9 Å². The molecule has 0 saturated carbocycles. The van der Waals surface area contributed by atoms with Gasteiger partial charge in [0, 0.05) is 25.8 Å². The third-order valence-corrected chi connectivity index (χ3v) is 7.21. The number of nitrogens with zero attached hydrogens (tertiary/aromatic N) is 4. The summed E-state index contributed by atoms with van der Waals surface area (Å²) < 4.78 is 37.9. The van der Waals surface area contributed by atoms with Gasteiger partial charge in [-0.05, 0) is 36.1 Å². The van der Waals surface area contributed by atoms with Crippen molar-refractivity contribution in [2.24, 2.45) is 0 Å². The van der Waals surface area contributed by atoms with Crippen LogP contribution in [0.15, 0.2) is 30.5 Å². The minimum Gasteiger partial charge on any atom is -0.497 e. The molecule has 0 spiro atoms. The number of rotatable bonds is 6. The number of hydrogen-bond acceptors (Lipinski definition) is 7. The van der Waals surface area contributed by atoms with Crippen LogP contribution >= 0.6 is 0 Å². The highest BCUT2D eigenvalue weighted by Gasteiger charge is 2.28. The van der Waals surface area contributed by atoms with Gasteiger partial charge < -0.3 is 14.4 Å². The maximum absolute atomic E-state index is 12.9. The highest BCUT2D eigenvalue weighted by molar-refractivity contribution is 7.89. The lowest BCUT2D eigenvalue weighted by Gasteiger charge is -2.30. The number of aromatic nitrogens is 2. The third-order valence-electron chi connectivity index (χ3n) is 5.39. The van der Waals surface area contributed by atoms with Gasteiger partial charge in [0.15, 0.2) is 0 Å². The van der Waals surface area contributed by atoms with Crippen LogP contribution in [0.25, 0.3) is 0 Å². The Labute approximate surface area is 171 Å². The van der Waals surface area contributed by atoms with Crippen molar-refractivity contribution < 1.29 is 17.9 Å². The molecule has 2 aliphatic heterocycles. The van der Waals surface area contributed by atoms with E-state index >= 15 is 0 Å². The predicted octanol–water partition coefficient (Wildman–Crippen LogP) is 1.25. The number of ether oxygens (including phenoxy) is 2. The molecule has 0 radical (unpaired) electrons. The van der Waals surface area contributed by atoms with Crippen molar-refractivity contribution in [3.8, 4) is 5.75 Å². The van der Waals surface area contributed by atoms with E-state index in [2.05, 4.69) is 14.9 Å². The molecule has 4 rings (SSSR count). The van der Waals surface area contributed by atoms with Crippen LogP contribution in [-0.2, 0) is 34.1 Å².